The summed E-state index contributed by atoms with van der Waals surface area (Å²) in [7, 11) is 1.71. The molecule has 0 aliphatic carbocycles. The van der Waals surface area contributed by atoms with E-state index in [1.807, 2.05) is 18.2 Å². The van der Waals surface area contributed by atoms with Crippen molar-refractivity contribution in [3.05, 3.63) is 59.1 Å². The van der Waals surface area contributed by atoms with Crippen LogP contribution >= 0.6 is 23.1 Å². The first kappa shape index (κ1) is 18.2. The van der Waals surface area contributed by atoms with Gasteiger partial charge in [0.15, 0.2) is 11.0 Å². The smallest absolute Gasteiger partial charge is 0.191 e. The third-order valence-corrected chi connectivity index (χ3v) is 6.37. The van der Waals surface area contributed by atoms with Crippen LogP contribution in [0.1, 0.15) is 10.6 Å². The zero-order valence-electron chi connectivity index (χ0n) is 15.3. The van der Waals surface area contributed by atoms with Gasteiger partial charge in [-0.05, 0) is 25.1 Å². The zero-order valence-corrected chi connectivity index (χ0v) is 16.9. The van der Waals surface area contributed by atoms with Crippen LogP contribution in [0, 0.1) is 6.92 Å². The van der Waals surface area contributed by atoms with Crippen molar-refractivity contribution in [2.75, 3.05) is 13.7 Å². The van der Waals surface area contributed by atoms with Gasteiger partial charge in [0.05, 0.1) is 29.1 Å². The van der Waals surface area contributed by atoms with E-state index < -0.39 is 0 Å². The molecule has 7 heteroatoms. The van der Waals surface area contributed by atoms with Crippen LogP contribution < -0.4 is 0 Å². The Kier molecular flexibility index (Phi) is 5.52. The van der Waals surface area contributed by atoms with E-state index in [2.05, 4.69) is 52.0 Å². The van der Waals surface area contributed by atoms with Gasteiger partial charge in [-0.1, -0.05) is 47.7 Å². The summed E-state index contributed by atoms with van der Waals surface area (Å²) in [5.74, 6) is 1.65. The van der Waals surface area contributed by atoms with Gasteiger partial charge in [0.1, 0.15) is 5.01 Å². The molecule has 2 aromatic heterocycles. The predicted octanol–water partition coefficient (Wildman–Crippen LogP) is 4.80. The molecule has 2 heterocycles. The van der Waals surface area contributed by atoms with Gasteiger partial charge in [-0.15, -0.1) is 21.5 Å². The fourth-order valence-corrected chi connectivity index (χ4v) is 4.81. The number of methoxy groups -OCH3 is 1. The molecule has 0 fully saturated rings. The van der Waals surface area contributed by atoms with Crippen LogP contribution in [0.5, 0.6) is 0 Å². The maximum Gasteiger partial charge on any atom is 0.191 e. The minimum atomic E-state index is 0.617. The summed E-state index contributed by atoms with van der Waals surface area (Å²) in [6.07, 6.45) is 0. The molecule has 0 atom stereocenters. The van der Waals surface area contributed by atoms with Gasteiger partial charge in [-0.25, -0.2) is 4.98 Å². The average molecular weight is 397 g/mol. The topological polar surface area (TPSA) is 52.8 Å². The lowest BCUT2D eigenvalue weighted by molar-refractivity contribution is 0.185. The van der Waals surface area contributed by atoms with Gasteiger partial charge in [0.25, 0.3) is 0 Å². The van der Waals surface area contributed by atoms with E-state index in [1.165, 1.54) is 10.3 Å². The van der Waals surface area contributed by atoms with E-state index in [0.29, 0.717) is 6.61 Å². The molecule has 0 bridgehead atoms. The Morgan fingerprint density at radius 2 is 2.00 bits per heavy atom. The monoisotopic (exact) mass is 396 g/mol. The minimum absolute atomic E-state index is 0.617. The number of aromatic nitrogens is 4. The minimum Gasteiger partial charge on any atom is -0.383 e. The number of thiazole rings is 1. The van der Waals surface area contributed by atoms with Crippen molar-refractivity contribution in [2.45, 2.75) is 24.4 Å². The Morgan fingerprint density at radius 3 is 2.81 bits per heavy atom. The maximum atomic E-state index is 5.29. The standard InChI is InChI=1S/C20H20N4OS2/c1-14-6-5-7-15(12-14)19-22-23-20(24(19)10-11-25-2)26-13-18-21-16-8-3-4-9-17(16)27-18/h3-9,12H,10-11,13H2,1-2H3. The zero-order chi connectivity index (χ0) is 18.6. The van der Waals surface area contributed by atoms with Crippen molar-refractivity contribution < 1.29 is 4.74 Å². The van der Waals surface area contributed by atoms with Crippen LogP contribution in [0.15, 0.2) is 53.7 Å². The maximum absolute atomic E-state index is 5.29. The molecule has 27 heavy (non-hydrogen) atoms. The predicted molar refractivity (Wildman–Crippen MR) is 111 cm³/mol. The van der Waals surface area contributed by atoms with E-state index in [1.54, 1.807) is 30.2 Å². The highest BCUT2D eigenvalue weighted by atomic mass is 32.2. The Bertz CT molecular complexity index is 1020. The summed E-state index contributed by atoms with van der Waals surface area (Å²) in [5, 5.41) is 10.9. The van der Waals surface area contributed by atoms with Crippen LogP contribution in [0.3, 0.4) is 0 Å². The molecule has 4 rings (SSSR count). The fourth-order valence-electron chi connectivity index (χ4n) is 2.89. The number of aryl methyl sites for hydroxylation is 1. The number of fused-ring (bicyclic) bond motifs is 1. The van der Waals surface area contributed by atoms with Crippen LogP contribution in [-0.2, 0) is 17.0 Å². The molecule has 0 saturated heterocycles. The lowest BCUT2D eigenvalue weighted by Gasteiger charge is -2.09. The molecular formula is C20H20N4OS2. The Morgan fingerprint density at radius 1 is 1.11 bits per heavy atom. The first-order valence-electron chi connectivity index (χ1n) is 8.71. The van der Waals surface area contributed by atoms with Gasteiger partial charge in [0.2, 0.25) is 0 Å². The van der Waals surface area contributed by atoms with E-state index in [0.717, 1.165) is 39.4 Å². The normalized spacial score (nSPS) is 11.3. The second-order valence-corrected chi connectivity index (χ2v) is 8.24. The molecule has 0 unspecified atom stereocenters. The third kappa shape index (κ3) is 4.05. The van der Waals surface area contributed by atoms with Crippen LogP contribution in [-0.4, -0.2) is 33.5 Å². The van der Waals surface area contributed by atoms with Crippen LogP contribution in [0.2, 0.25) is 0 Å². The number of rotatable bonds is 7. The first-order valence-corrected chi connectivity index (χ1v) is 10.5. The van der Waals surface area contributed by atoms with Crippen molar-refractivity contribution in [2.24, 2.45) is 0 Å². The van der Waals surface area contributed by atoms with Crippen molar-refractivity contribution in [1.82, 2.24) is 19.7 Å². The molecule has 4 aromatic rings. The highest BCUT2D eigenvalue weighted by molar-refractivity contribution is 7.98. The van der Waals surface area contributed by atoms with Crippen molar-refractivity contribution in [3.63, 3.8) is 0 Å². The van der Waals surface area contributed by atoms with E-state index in [-0.39, 0.29) is 0 Å². The van der Waals surface area contributed by atoms with Crippen LogP contribution in [0.25, 0.3) is 21.6 Å². The Hall–Kier alpha value is -2.22. The number of hydrogen-bond acceptors (Lipinski definition) is 6. The average Bonchev–Trinajstić information content (AvgIpc) is 3.28. The summed E-state index contributed by atoms with van der Waals surface area (Å²) >= 11 is 3.40. The molecule has 0 radical (unpaired) electrons. The molecule has 2 aromatic carbocycles. The van der Waals surface area contributed by atoms with E-state index >= 15 is 0 Å². The van der Waals surface area contributed by atoms with Crippen molar-refractivity contribution >= 4 is 33.3 Å². The third-order valence-electron chi connectivity index (χ3n) is 4.18. The lowest BCUT2D eigenvalue weighted by Crippen LogP contribution is -2.07. The number of nitrogens with zero attached hydrogens (tertiary/aromatic N) is 4. The lowest BCUT2D eigenvalue weighted by atomic mass is 10.1. The van der Waals surface area contributed by atoms with Gasteiger partial charge in [-0.2, -0.15) is 0 Å². The summed E-state index contributed by atoms with van der Waals surface area (Å²) in [6.45, 7) is 3.42. The number of thioether (sulfide) groups is 1. The second kappa shape index (κ2) is 8.21. The molecular weight excluding hydrogens is 376 g/mol. The second-order valence-electron chi connectivity index (χ2n) is 6.18. The number of hydrogen-bond donors (Lipinski definition) is 0. The highest BCUT2D eigenvalue weighted by Gasteiger charge is 2.15. The molecule has 0 aliphatic heterocycles. The SMILES string of the molecule is COCCn1c(SCc2nc3ccccc3s2)nnc1-c1cccc(C)c1. The summed E-state index contributed by atoms with van der Waals surface area (Å²) < 4.78 is 8.64. The molecule has 0 aliphatic rings. The number of ether oxygens (including phenoxy) is 1. The highest BCUT2D eigenvalue weighted by Crippen LogP contribution is 2.30. The fraction of sp³-hybridized carbons (Fsp3) is 0.250. The number of benzene rings is 2. The Balaban J connectivity index is 1.59. The van der Waals surface area contributed by atoms with Crippen molar-refractivity contribution in [1.29, 1.82) is 0 Å². The molecule has 0 N–H and O–H groups in total. The molecule has 0 saturated carbocycles. The molecule has 0 spiro atoms. The van der Waals surface area contributed by atoms with Crippen LogP contribution in [0.4, 0.5) is 0 Å². The van der Waals surface area contributed by atoms with Gasteiger partial charge >= 0.3 is 0 Å². The molecule has 138 valence electrons. The van der Waals surface area contributed by atoms with Gasteiger partial charge in [0, 0.05) is 12.7 Å². The first-order chi connectivity index (χ1) is 13.2. The van der Waals surface area contributed by atoms with E-state index in [4.69, 9.17) is 9.72 Å². The summed E-state index contributed by atoms with van der Waals surface area (Å²) in [6, 6.07) is 16.6. The Labute approximate surface area is 166 Å². The summed E-state index contributed by atoms with van der Waals surface area (Å²) in [4.78, 5) is 4.71. The van der Waals surface area contributed by atoms with E-state index in [9.17, 15) is 0 Å². The molecule has 5 nitrogen and oxygen atoms in total. The summed E-state index contributed by atoms with van der Waals surface area (Å²) in [5.41, 5.74) is 3.34. The largest absolute Gasteiger partial charge is 0.383 e. The van der Waals surface area contributed by atoms with Gasteiger partial charge in [-0.3, -0.25) is 4.57 Å². The van der Waals surface area contributed by atoms with Crippen molar-refractivity contribution in [3.8, 4) is 11.4 Å². The van der Waals surface area contributed by atoms with Gasteiger partial charge < -0.3 is 4.74 Å². The molecule has 0 amide bonds. The number of para-hydroxylation sites is 1. The quantitative estimate of drug-likeness (QED) is 0.420.